The van der Waals surface area contributed by atoms with Gasteiger partial charge in [-0.1, -0.05) is 12.1 Å². The minimum atomic E-state index is -0.646. The molecule has 0 N–H and O–H groups in total. The average molecular weight is 269 g/mol. The maximum absolute atomic E-state index is 10.7. The number of ether oxygens (including phenoxy) is 1. The first-order valence-electron chi connectivity index (χ1n) is 5.82. The predicted molar refractivity (Wildman–Crippen MR) is 71.6 cm³/mol. The fourth-order valence-electron chi connectivity index (χ4n) is 1.65. The molecule has 0 aliphatic rings. The summed E-state index contributed by atoms with van der Waals surface area (Å²) in [7, 11) is 0. The molecule has 0 saturated carbocycles. The van der Waals surface area contributed by atoms with Gasteiger partial charge in [-0.15, -0.1) is 0 Å². The lowest BCUT2D eigenvalue weighted by Crippen LogP contribution is -1.97. The minimum Gasteiger partial charge on any atom is -0.439 e. The summed E-state index contributed by atoms with van der Waals surface area (Å²) in [5, 5.41) is 19.6. The second-order valence-corrected chi connectivity index (χ2v) is 4.26. The second kappa shape index (κ2) is 5.36. The molecule has 2 rings (SSSR count). The Bertz CT molecular complexity index is 720. The molecule has 100 valence electrons. The quantitative estimate of drug-likeness (QED) is 0.630. The van der Waals surface area contributed by atoms with Gasteiger partial charge in [0.2, 0.25) is 11.6 Å². The van der Waals surface area contributed by atoms with Gasteiger partial charge in [-0.05, 0) is 31.0 Å². The summed E-state index contributed by atoms with van der Waals surface area (Å²) in [6.07, 6.45) is 0. The van der Waals surface area contributed by atoms with E-state index in [9.17, 15) is 10.1 Å². The van der Waals surface area contributed by atoms with Crippen LogP contribution in [-0.2, 0) is 0 Å². The van der Waals surface area contributed by atoms with Crippen LogP contribution in [0.4, 0.5) is 5.69 Å². The monoisotopic (exact) mass is 269 g/mol. The molecule has 0 bridgehead atoms. The fraction of sp³-hybridized carbons (Fsp3) is 0.143. The number of hydrogen-bond donors (Lipinski definition) is 0. The molecule has 0 amide bonds. The fourth-order valence-corrected chi connectivity index (χ4v) is 1.65. The van der Waals surface area contributed by atoms with Crippen LogP contribution in [0, 0.1) is 35.3 Å². The first-order chi connectivity index (χ1) is 9.51. The average Bonchev–Trinajstić information content (AvgIpc) is 2.42. The summed E-state index contributed by atoms with van der Waals surface area (Å²) in [6, 6.07) is 9.98. The highest BCUT2D eigenvalue weighted by atomic mass is 16.6. The lowest BCUT2D eigenvalue weighted by atomic mass is 10.1. The Morgan fingerprint density at radius 1 is 1.30 bits per heavy atom. The molecule has 0 saturated heterocycles. The van der Waals surface area contributed by atoms with Crippen molar-refractivity contribution in [3.8, 4) is 17.7 Å². The van der Waals surface area contributed by atoms with E-state index in [0.717, 1.165) is 11.1 Å². The van der Waals surface area contributed by atoms with Crippen LogP contribution in [0.2, 0.25) is 0 Å². The van der Waals surface area contributed by atoms with Gasteiger partial charge in [-0.2, -0.15) is 10.2 Å². The highest BCUT2D eigenvalue weighted by Gasteiger charge is 2.16. The zero-order chi connectivity index (χ0) is 14.7. The van der Waals surface area contributed by atoms with Crippen molar-refractivity contribution >= 4 is 5.69 Å². The van der Waals surface area contributed by atoms with Gasteiger partial charge in [-0.3, -0.25) is 10.1 Å². The summed E-state index contributed by atoms with van der Waals surface area (Å²) in [4.78, 5) is 13.9. The van der Waals surface area contributed by atoms with Crippen molar-refractivity contribution in [1.82, 2.24) is 4.98 Å². The molecule has 6 nitrogen and oxygen atoms in total. The van der Waals surface area contributed by atoms with E-state index in [1.54, 1.807) is 6.07 Å². The lowest BCUT2D eigenvalue weighted by molar-refractivity contribution is -0.385. The van der Waals surface area contributed by atoms with E-state index in [0.29, 0.717) is 5.75 Å². The van der Waals surface area contributed by atoms with Gasteiger partial charge in [0.25, 0.3) is 0 Å². The molecule has 0 fully saturated rings. The summed E-state index contributed by atoms with van der Waals surface area (Å²) in [5.41, 5.74) is 1.33. The van der Waals surface area contributed by atoms with Crippen LogP contribution in [0.25, 0.3) is 0 Å². The van der Waals surface area contributed by atoms with Gasteiger partial charge >= 0.3 is 5.69 Å². The van der Waals surface area contributed by atoms with E-state index in [1.165, 1.54) is 12.1 Å². The van der Waals surface area contributed by atoms with Gasteiger partial charge in [0.15, 0.2) is 0 Å². The second-order valence-electron chi connectivity index (χ2n) is 4.26. The maximum atomic E-state index is 10.7. The van der Waals surface area contributed by atoms with Gasteiger partial charge in [0.05, 0.1) is 4.92 Å². The first kappa shape index (κ1) is 13.5. The Hall–Kier alpha value is -2.94. The number of rotatable bonds is 3. The van der Waals surface area contributed by atoms with Crippen molar-refractivity contribution in [2.75, 3.05) is 0 Å². The van der Waals surface area contributed by atoms with Gasteiger partial charge in [0.1, 0.15) is 11.8 Å². The van der Waals surface area contributed by atoms with Crippen LogP contribution in [-0.4, -0.2) is 9.91 Å². The van der Waals surface area contributed by atoms with Gasteiger partial charge in [0, 0.05) is 12.1 Å². The molecule has 0 atom stereocenters. The number of benzene rings is 1. The zero-order valence-corrected chi connectivity index (χ0v) is 11.0. The number of nitro groups is 1. The normalized spacial score (nSPS) is 9.85. The lowest BCUT2D eigenvalue weighted by Gasteiger charge is -2.08. The number of nitriles is 1. The molecule has 20 heavy (non-hydrogen) atoms. The summed E-state index contributed by atoms with van der Waals surface area (Å²) < 4.78 is 5.58. The Morgan fingerprint density at radius 3 is 2.70 bits per heavy atom. The Labute approximate surface area is 115 Å². The SMILES string of the molecule is Cc1ccc(C)c(Oc2ccc([N+](=O)[O-])c(C#N)n2)c1. The van der Waals surface area contributed by atoms with E-state index < -0.39 is 4.92 Å². The van der Waals surface area contributed by atoms with Gasteiger partial charge < -0.3 is 4.74 Å². The molecular formula is C14H11N3O3. The van der Waals surface area contributed by atoms with Crippen LogP contribution >= 0.6 is 0 Å². The molecule has 0 aliphatic carbocycles. The third-order valence-corrected chi connectivity index (χ3v) is 2.71. The van der Waals surface area contributed by atoms with E-state index in [1.807, 2.05) is 32.0 Å². The van der Waals surface area contributed by atoms with Crippen molar-refractivity contribution in [2.45, 2.75) is 13.8 Å². The van der Waals surface area contributed by atoms with Crippen molar-refractivity contribution in [1.29, 1.82) is 5.26 Å². The van der Waals surface area contributed by atoms with Gasteiger partial charge in [-0.25, -0.2) is 0 Å². The van der Waals surface area contributed by atoms with Crippen LogP contribution in [0.5, 0.6) is 11.6 Å². The van der Waals surface area contributed by atoms with E-state index in [-0.39, 0.29) is 17.3 Å². The Balaban J connectivity index is 2.38. The van der Waals surface area contributed by atoms with E-state index in [2.05, 4.69) is 4.98 Å². The van der Waals surface area contributed by atoms with Crippen LogP contribution in [0.1, 0.15) is 16.8 Å². The maximum Gasteiger partial charge on any atom is 0.305 e. The molecule has 0 spiro atoms. The van der Waals surface area contributed by atoms with Crippen LogP contribution in [0.3, 0.4) is 0 Å². The molecule has 0 radical (unpaired) electrons. The molecule has 0 aliphatic heterocycles. The topological polar surface area (TPSA) is 89.0 Å². The summed E-state index contributed by atoms with van der Waals surface area (Å²) >= 11 is 0. The molecule has 1 heterocycles. The zero-order valence-electron chi connectivity index (χ0n) is 11.0. The summed E-state index contributed by atoms with van der Waals surface area (Å²) in [6.45, 7) is 3.81. The smallest absolute Gasteiger partial charge is 0.305 e. The number of aryl methyl sites for hydroxylation is 2. The summed E-state index contributed by atoms with van der Waals surface area (Å²) in [5.74, 6) is 0.760. The van der Waals surface area contributed by atoms with E-state index >= 15 is 0 Å². The predicted octanol–water partition coefficient (Wildman–Crippen LogP) is 3.27. The Morgan fingerprint density at radius 2 is 2.05 bits per heavy atom. The molecule has 6 heteroatoms. The number of aromatic nitrogens is 1. The van der Waals surface area contributed by atoms with Crippen molar-refractivity contribution < 1.29 is 9.66 Å². The minimum absolute atomic E-state index is 0.154. The molecular weight excluding hydrogens is 258 g/mol. The van der Waals surface area contributed by atoms with Crippen molar-refractivity contribution in [2.24, 2.45) is 0 Å². The molecule has 2 aromatic rings. The van der Waals surface area contributed by atoms with Crippen LogP contribution in [0.15, 0.2) is 30.3 Å². The molecule has 0 unspecified atom stereocenters. The first-order valence-corrected chi connectivity index (χ1v) is 5.82. The van der Waals surface area contributed by atoms with Crippen molar-refractivity contribution in [3.63, 3.8) is 0 Å². The third-order valence-electron chi connectivity index (χ3n) is 2.71. The Kier molecular flexibility index (Phi) is 3.62. The van der Waals surface area contributed by atoms with Crippen LogP contribution < -0.4 is 4.74 Å². The number of nitrogens with zero attached hydrogens (tertiary/aromatic N) is 3. The molecule has 1 aromatic heterocycles. The molecule has 1 aromatic carbocycles. The van der Waals surface area contributed by atoms with Crippen molar-refractivity contribution in [3.05, 3.63) is 57.3 Å². The largest absolute Gasteiger partial charge is 0.439 e. The van der Waals surface area contributed by atoms with E-state index in [4.69, 9.17) is 10.00 Å². The third kappa shape index (κ3) is 2.72. The number of hydrogen-bond acceptors (Lipinski definition) is 5. The highest BCUT2D eigenvalue weighted by Crippen LogP contribution is 2.27. The standard InChI is InChI=1S/C14H11N3O3/c1-9-3-4-10(2)13(7-9)20-14-6-5-12(17(18)19)11(8-15)16-14/h3-7H,1-2H3. The highest BCUT2D eigenvalue weighted by molar-refractivity contribution is 5.46. The number of pyridine rings is 1.